The van der Waals surface area contributed by atoms with Gasteiger partial charge in [-0.25, -0.2) is 12.8 Å². The minimum absolute atomic E-state index is 0.00204. The predicted octanol–water partition coefficient (Wildman–Crippen LogP) is 2.72. The molecule has 7 heteroatoms. The van der Waals surface area contributed by atoms with E-state index < -0.39 is 21.7 Å². The number of carbonyl (C=O) groups is 1. The van der Waals surface area contributed by atoms with Crippen molar-refractivity contribution < 1.29 is 17.6 Å². The Kier molecular flexibility index (Phi) is 5.38. The number of hydrogen-bond acceptors (Lipinski definition) is 3. The maximum absolute atomic E-state index is 13.7. The summed E-state index contributed by atoms with van der Waals surface area (Å²) >= 11 is 0. The second-order valence-electron chi connectivity index (χ2n) is 6.44. The van der Waals surface area contributed by atoms with Gasteiger partial charge in [0.15, 0.2) is 0 Å². The van der Waals surface area contributed by atoms with E-state index in [1.54, 1.807) is 30.3 Å². The topological polar surface area (TPSA) is 66.5 Å². The van der Waals surface area contributed by atoms with Gasteiger partial charge in [-0.05, 0) is 44.0 Å². The molecule has 1 fully saturated rings. The van der Waals surface area contributed by atoms with Crippen molar-refractivity contribution >= 4 is 15.9 Å². The molecule has 3 rings (SSSR count). The van der Waals surface area contributed by atoms with Gasteiger partial charge in [0.25, 0.3) is 5.91 Å². The molecule has 0 spiro atoms. The fraction of sp³-hybridized carbons (Fsp3) is 0.316. The van der Waals surface area contributed by atoms with E-state index in [1.165, 1.54) is 22.5 Å². The number of aryl methyl sites for hydroxylation is 1. The number of carbonyl (C=O) groups excluding carboxylic acids is 1. The normalized spacial score (nSPS) is 16.4. The Hall–Kier alpha value is -2.25. The van der Waals surface area contributed by atoms with Crippen LogP contribution in [0.25, 0.3) is 0 Å². The van der Waals surface area contributed by atoms with E-state index in [0.29, 0.717) is 25.9 Å². The zero-order valence-corrected chi connectivity index (χ0v) is 15.3. The largest absolute Gasteiger partial charge is 0.349 e. The molecule has 0 atom stereocenters. The van der Waals surface area contributed by atoms with Crippen molar-refractivity contribution in [1.82, 2.24) is 9.62 Å². The number of nitrogens with zero attached hydrogens (tertiary/aromatic N) is 1. The lowest BCUT2D eigenvalue weighted by molar-refractivity contribution is 0.0919. The smallest absolute Gasteiger partial charge is 0.254 e. The Labute approximate surface area is 152 Å². The van der Waals surface area contributed by atoms with E-state index in [0.717, 1.165) is 5.56 Å². The van der Waals surface area contributed by atoms with Crippen molar-refractivity contribution in [3.8, 4) is 0 Å². The summed E-state index contributed by atoms with van der Waals surface area (Å²) in [6, 6.07) is 12.4. The zero-order valence-electron chi connectivity index (χ0n) is 14.5. The van der Waals surface area contributed by atoms with E-state index in [9.17, 15) is 17.6 Å². The molecule has 0 aliphatic carbocycles. The van der Waals surface area contributed by atoms with Crippen LogP contribution in [0.4, 0.5) is 4.39 Å². The first-order valence-corrected chi connectivity index (χ1v) is 9.94. The number of hydrogen-bond donors (Lipinski definition) is 1. The second-order valence-corrected chi connectivity index (χ2v) is 8.38. The fourth-order valence-corrected chi connectivity index (χ4v) is 4.48. The third kappa shape index (κ3) is 3.94. The minimum atomic E-state index is -3.53. The van der Waals surface area contributed by atoms with Crippen LogP contribution < -0.4 is 5.32 Å². The van der Waals surface area contributed by atoms with Gasteiger partial charge >= 0.3 is 0 Å². The van der Waals surface area contributed by atoms with Crippen molar-refractivity contribution in [2.24, 2.45) is 0 Å². The highest BCUT2D eigenvalue weighted by atomic mass is 32.2. The van der Waals surface area contributed by atoms with Crippen LogP contribution in [0.3, 0.4) is 0 Å². The molecule has 2 aromatic carbocycles. The van der Waals surface area contributed by atoms with E-state index >= 15 is 0 Å². The summed E-state index contributed by atoms with van der Waals surface area (Å²) in [6.07, 6.45) is 0.983. The van der Waals surface area contributed by atoms with Crippen LogP contribution in [0.5, 0.6) is 0 Å². The number of amides is 1. The van der Waals surface area contributed by atoms with Gasteiger partial charge in [-0.3, -0.25) is 4.79 Å². The summed E-state index contributed by atoms with van der Waals surface area (Å²) in [5, 5.41) is 2.79. The molecule has 1 heterocycles. The van der Waals surface area contributed by atoms with Crippen molar-refractivity contribution in [3.63, 3.8) is 0 Å². The summed E-state index contributed by atoms with van der Waals surface area (Å²) in [7, 11) is -3.53. The average molecular weight is 376 g/mol. The Bertz CT molecular complexity index is 889. The predicted molar refractivity (Wildman–Crippen MR) is 96.8 cm³/mol. The molecule has 1 aliphatic heterocycles. The van der Waals surface area contributed by atoms with Gasteiger partial charge in [0.2, 0.25) is 10.0 Å². The molecule has 0 saturated carbocycles. The monoisotopic (exact) mass is 376 g/mol. The standard InChI is InChI=1S/C19H21FN2O3S/c1-14-6-8-16(9-7-14)26(24,25)22-12-10-15(11-13-22)21-19(23)17-4-2-3-5-18(17)20/h2-9,15H,10-13H2,1H3,(H,21,23). The van der Waals surface area contributed by atoms with Crippen LogP contribution >= 0.6 is 0 Å². The number of nitrogens with one attached hydrogen (secondary N) is 1. The first kappa shape index (κ1) is 18.5. The van der Waals surface area contributed by atoms with Gasteiger partial charge in [0, 0.05) is 19.1 Å². The van der Waals surface area contributed by atoms with E-state index in [1.807, 2.05) is 6.92 Å². The molecular formula is C19H21FN2O3S. The SMILES string of the molecule is Cc1ccc(S(=O)(=O)N2CCC(NC(=O)c3ccccc3F)CC2)cc1. The van der Waals surface area contributed by atoms with Gasteiger partial charge < -0.3 is 5.32 Å². The number of rotatable bonds is 4. The molecule has 26 heavy (non-hydrogen) atoms. The number of sulfonamides is 1. The Morgan fingerprint density at radius 3 is 2.31 bits per heavy atom. The number of benzene rings is 2. The quantitative estimate of drug-likeness (QED) is 0.892. The zero-order chi connectivity index (χ0) is 18.7. The lowest BCUT2D eigenvalue weighted by atomic mass is 10.1. The summed E-state index contributed by atoms with van der Waals surface area (Å²) < 4.78 is 40.5. The molecular weight excluding hydrogens is 355 g/mol. The summed E-state index contributed by atoms with van der Waals surface area (Å²) in [5.74, 6) is -1.03. The van der Waals surface area contributed by atoms with Gasteiger partial charge in [0.1, 0.15) is 5.82 Å². The third-order valence-corrected chi connectivity index (χ3v) is 6.48. The van der Waals surface area contributed by atoms with E-state index in [2.05, 4.69) is 5.32 Å². The van der Waals surface area contributed by atoms with Crippen molar-refractivity contribution in [1.29, 1.82) is 0 Å². The maximum Gasteiger partial charge on any atom is 0.254 e. The fourth-order valence-electron chi connectivity index (χ4n) is 3.01. The highest BCUT2D eigenvalue weighted by Crippen LogP contribution is 2.21. The lowest BCUT2D eigenvalue weighted by Crippen LogP contribution is -2.46. The molecule has 0 unspecified atom stereocenters. The molecule has 1 aliphatic rings. The molecule has 138 valence electrons. The Balaban J connectivity index is 1.61. The molecule has 5 nitrogen and oxygen atoms in total. The van der Waals surface area contributed by atoms with Gasteiger partial charge in [-0.1, -0.05) is 29.8 Å². The minimum Gasteiger partial charge on any atom is -0.349 e. The van der Waals surface area contributed by atoms with Crippen molar-refractivity contribution in [2.45, 2.75) is 30.7 Å². The first-order chi connectivity index (χ1) is 12.4. The van der Waals surface area contributed by atoms with Gasteiger partial charge in [-0.2, -0.15) is 4.31 Å². The Morgan fingerprint density at radius 2 is 1.69 bits per heavy atom. The van der Waals surface area contributed by atoms with Crippen molar-refractivity contribution in [2.75, 3.05) is 13.1 Å². The van der Waals surface area contributed by atoms with Crippen LogP contribution in [0, 0.1) is 12.7 Å². The molecule has 0 aromatic heterocycles. The molecule has 1 N–H and O–H groups in total. The summed E-state index contributed by atoms with van der Waals surface area (Å²) in [5.41, 5.74) is 1.00. The average Bonchev–Trinajstić information content (AvgIpc) is 2.63. The van der Waals surface area contributed by atoms with Crippen LogP contribution in [0.2, 0.25) is 0 Å². The van der Waals surface area contributed by atoms with E-state index in [4.69, 9.17) is 0 Å². The van der Waals surface area contributed by atoms with Gasteiger partial charge in [-0.15, -0.1) is 0 Å². The Morgan fingerprint density at radius 1 is 1.08 bits per heavy atom. The summed E-state index contributed by atoms with van der Waals surface area (Å²) in [6.45, 7) is 2.54. The number of piperidine rings is 1. The third-order valence-electron chi connectivity index (χ3n) is 4.57. The maximum atomic E-state index is 13.7. The van der Waals surface area contributed by atoms with Crippen molar-refractivity contribution in [3.05, 3.63) is 65.5 Å². The molecule has 0 bridgehead atoms. The van der Waals surface area contributed by atoms with E-state index in [-0.39, 0.29) is 16.5 Å². The highest BCUT2D eigenvalue weighted by Gasteiger charge is 2.30. The van der Waals surface area contributed by atoms with Crippen LogP contribution in [0.15, 0.2) is 53.4 Å². The number of halogens is 1. The molecule has 1 amide bonds. The summed E-state index contributed by atoms with van der Waals surface area (Å²) in [4.78, 5) is 12.5. The van der Waals surface area contributed by atoms with Crippen LogP contribution in [-0.2, 0) is 10.0 Å². The van der Waals surface area contributed by atoms with Crippen LogP contribution in [-0.4, -0.2) is 37.8 Å². The van der Waals surface area contributed by atoms with Gasteiger partial charge in [0.05, 0.1) is 10.5 Å². The molecule has 2 aromatic rings. The molecule has 0 radical (unpaired) electrons. The molecule has 1 saturated heterocycles. The van der Waals surface area contributed by atoms with Crippen LogP contribution in [0.1, 0.15) is 28.8 Å². The second kappa shape index (κ2) is 7.55. The lowest BCUT2D eigenvalue weighted by Gasteiger charge is -2.31. The first-order valence-electron chi connectivity index (χ1n) is 8.50. The highest BCUT2D eigenvalue weighted by molar-refractivity contribution is 7.89.